The number of methoxy groups -OCH3 is 2. The number of amides is 4. The van der Waals surface area contributed by atoms with Gasteiger partial charge in [-0.2, -0.15) is 4.98 Å². The van der Waals surface area contributed by atoms with Crippen LogP contribution >= 0.6 is 11.3 Å². The highest BCUT2D eigenvalue weighted by Crippen LogP contribution is 2.31. The molecule has 1 aliphatic heterocycles. The van der Waals surface area contributed by atoms with Crippen molar-refractivity contribution in [2.45, 2.75) is 13.1 Å². The van der Waals surface area contributed by atoms with Crippen molar-refractivity contribution in [2.75, 3.05) is 14.2 Å². The Hall–Kier alpha value is -3.73. The maximum absolute atomic E-state index is 12.6. The number of imide groups is 2. The molecule has 0 N–H and O–H groups in total. The summed E-state index contributed by atoms with van der Waals surface area (Å²) in [7, 11) is 3.03. The Balaban J connectivity index is 1.51. The van der Waals surface area contributed by atoms with E-state index in [1.165, 1.54) is 25.6 Å². The highest BCUT2D eigenvalue weighted by molar-refractivity contribution is 7.09. The monoisotopic (exact) mass is 428 g/mol. The maximum atomic E-state index is 12.6. The molecular formula is C19H16N4O6S. The fourth-order valence-corrected chi connectivity index (χ4v) is 3.63. The molecule has 0 saturated carbocycles. The van der Waals surface area contributed by atoms with Crippen LogP contribution in [0, 0.1) is 0 Å². The summed E-state index contributed by atoms with van der Waals surface area (Å²) >= 11 is 1.39. The molecule has 0 radical (unpaired) electrons. The Bertz CT molecular complexity index is 1110. The zero-order valence-electron chi connectivity index (χ0n) is 16.0. The number of ether oxygens (including phenoxy) is 2. The van der Waals surface area contributed by atoms with Gasteiger partial charge in [-0.1, -0.05) is 11.2 Å². The van der Waals surface area contributed by atoms with Gasteiger partial charge in [0.1, 0.15) is 6.54 Å². The number of carbonyl (C=O) groups is 3. The summed E-state index contributed by atoms with van der Waals surface area (Å²) in [6.45, 7) is -0.261. The SMILES string of the molecule is COc1ccc(-c2noc(CN3C(=O)C(=O)N(Cc4cccs4)C3=O)n2)cc1OC. The van der Waals surface area contributed by atoms with E-state index < -0.39 is 17.8 Å². The van der Waals surface area contributed by atoms with Gasteiger partial charge >= 0.3 is 17.8 Å². The second kappa shape index (κ2) is 7.95. The van der Waals surface area contributed by atoms with Gasteiger partial charge in [-0.3, -0.25) is 14.5 Å². The molecule has 4 amide bonds. The third-order valence-electron chi connectivity index (χ3n) is 4.43. The quantitative estimate of drug-likeness (QED) is 0.416. The van der Waals surface area contributed by atoms with Crippen LogP contribution in [0.25, 0.3) is 11.4 Å². The van der Waals surface area contributed by atoms with Crippen LogP contribution < -0.4 is 9.47 Å². The Morgan fingerprint density at radius 3 is 2.40 bits per heavy atom. The Morgan fingerprint density at radius 2 is 1.73 bits per heavy atom. The van der Waals surface area contributed by atoms with Crippen LogP contribution in [0.1, 0.15) is 10.8 Å². The van der Waals surface area contributed by atoms with Crippen molar-refractivity contribution in [1.82, 2.24) is 19.9 Å². The molecule has 0 aliphatic carbocycles. The van der Waals surface area contributed by atoms with Gasteiger partial charge in [0.25, 0.3) is 0 Å². The van der Waals surface area contributed by atoms with E-state index in [4.69, 9.17) is 14.0 Å². The molecule has 1 aromatic carbocycles. The highest BCUT2D eigenvalue weighted by Gasteiger charge is 2.45. The number of nitrogens with zero attached hydrogens (tertiary/aromatic N) is 4. The van der Waals surface area contributed by atoms with Gasteiger partial charge in [0.15, 0.2) is 11.5 Å². The van der Waals surface area contributed by atoms with Crippen LogP contribution in [-0.4, -0.2) is 52.0 Å². The van der Waals surface area contributed by atoms with E-state index in [0.717, 1.165) is 14.7 Å². The summed E-state index contributed by atoms with van der Waals surface area (Å²) in [5.74, 6) is -0.516. The first-order chi connectivity index (χ1) is 14.5. The third kappa shape index (κ3) is 3.50. The van der Waals surface area contributed by atoms with Gasteiger partial charge in [0, 0.05) is 10.4 Å². The Labute approximate surface area is 174 Å². The first kappa shape index (κ1) is 19.6. The van der Waals surface area contributed by atoms with Crippen LogP contribution in [0.5, 0.6) is 11.5 Å². The molecular weight excluding hydrogens is 412 g/mol. The number of hydrogen-bond donors (Lipinski definition) is 0. The van der Waals surface area contributed by atoms with E-state index in [-0.39, 0.29) is 24.8 Å². The van der Waals surface area contributed by atoms with Gasteiger partial charge in [0.05, 0.1) is 20.8 Å². The Morgan fingerprint density at radius 1 is 1.00 bits per heavy atom. The molecule has 154 valence electrons. The fraction of sp³-hybridized carbons (Fsp3) is 0.211. The molecule has 4 rings (SSSR count). The summed E-state index contributed by atoms with van der Waals surface area (Å²) in [5.41, 5.74) is 0.595. The lowest BCUT2D eigenvalue weighted by Gasteiger charge is -2.13. The summed E-state index contributed by atoms with van der Waals surface area (Å²) in [4.78, 5) is 43.8. The molecule has 3 heterocycles. The largest absolute Gasteiger partial charge is 0.493 e. The average Bonchev–Trinajstić information content (AvgIpc) is 3.49. The lowest BCUT2D eigenvalue weighted by Crippen LogP contribution is -2.32. The molecule has 1 saturated heterocycles. The molecule has 30 heavy (non-hydrogen) atoms. The second-order valence-electron chi connectivity index (χ2n) is 6.23. The predicted molar refractivity (Wildman–Crippen MR) is 104 cm³/mol. The molecule has 0 unspecified atom stereocenters. The van der Waals surface area contributed by atoms with E-state index in [9.17, 15) is 14.4 Å². The molecule has 10 nitrogen and oxygen atoms in total. The van der Waals surface area contributed by atoms with Crippen molar-refractivity contribution in [1.29, 1.82) is 0 Å². The zero-order valence-corrected chi connectivity index (χ0v) is 16.8. The molecule has 2 aromatic heterocycles. The number of urea groups is 1. The third-order valence-corrected chi connectivity index (χ3v) is 5.29. The maximum Gasteiger partial charge on any atom is 0.335 e. The van der Waals surface area contributed by atoms with Crippen molar-refractivity contribution < 1.29 is 28.4 Å². The average molecular weight is 428 g/mol. The molecule has 0 bridgehead atoms. The molecule has 11 heteroatoms. The topological polar surface area (TPSA) is 115 Å². The number of rotatable bonds is 7. The van der Waals surface area contributed by atoms with E-state index in [2.05, 4.69) is 10.1 Å². The molecule has 1 aliphatic rings. The van der Waals surface area contributed by atoms with Crippen LogP contribution in [0.2, 0.25) is 0 Å². The minimum Gasteiger partial charge on any atom is -0.493 e. The number of thiophene rings is 1. The smallest absolute Gasteiger partial charge is 0.335 e. The summed E-state index contributed by atoms with van der Waals surface area (Å²) in [6.07, 6.45) is 0. The van der Waals surface area contributed by atoms with Crippen LogP contribution in [0.15, 0.2) is 40.2 Å². The predicted octanol–water partition coefficient (Wildman–Crippen LogP) is 2.31. The molecule has 0 atom stereocenters. The Kier molecular flexibility index (Phi) is 5.19. The van der Waals surface area contributed by atoms with Crippen LogP contribution in [0.3, 0.4) is 0 Å². The van der Waals surface area contributed by atoms with E-state index in [0.29, 0.717) is 17.1 Å². The van der Waals surface area contributed by atoms with Crippen molar-refractivity contribution in [3.05, 3.63) is 46.5 Å². The fourth-order valence-electron chi connectivity index (χ4n) is 2.93. The number of carbonyl (C=O) groups excluding carboxylic acids is 3. The van der Waals surface area contributed by atoms with Crippen molar-refractivity contribution in [3.63, 3.8) is 0 Å². The molecule has 0 spiro atoms. The van der Waals surface area contributed by atoms with E-state index >= 15 is 0 Å². The summed E-state index contributed by atoms with van der Waals surface area (Å²) in [5, 5.41) is 5.71. The first-order valence-corrected chi connectivity index (χ1v) is 9.64. The molecule has 1 fully saturated rings. The minimum atomic E-state index is -0.928. The molecule has 3 aromatic rings. The van der Waals surface area contributed by atoms with E-state index in [1.807, 2.05) is 5.38 Å². The van der Waals surface area contributed by atoms with Crippen LogP contribution in [-0.2, 0) is 22.7 Å². The van der Waals surface area contributed by atoms with Gasteiger partial charge in [-0.05, 0) is 29.6 Å². The van der Waals surface area contributed by atoms with Gasteiger partial charge in [-0.25, -0.2) is 9.69 Å². The normalized spacial score (nSPS) is 14.0. The number of aromatic nitrogens is 2. The second-order valence-corrected chi connectivity index (χ2v) is 7.26. The highest BCUT2D eigenvalue weighted by atomic mass is 32.1. The zero-order chi connectivity index (χ0) is 21.3. The number of hydrogen-bond acceptors (Lipinski definition) is 9. The summed E-state index contributed by atoms with van der Waals surface area (Å²) in [6, 6.07) is 7.95. The lowest BCUT2D eigenvalue weighted by molar-refractivity contribution is -0.143. The van der Waals surface area contributed by atoms with Gasteiger partial charge in [-0.15, -0.1) is 11.3 Å². The lowest BCUT2D eigenvalue weighted by atomic mass is 10.2. The van der Waals surface area contributed by atoms with E-state index in [1.54, 1.807) is 30.3 Å². The van der Waals surface area contributed by atoms with Crippen molar-refractivity contribution in [2.24, 2.45) is 0 Å². The standard InChI is InChI=1S/C19H16N4O6S/c1-27-13-6-5-11(8-14(13)28-2)16-20-15(29-21-16)10-23-18(25)17(24)22(19(23)26)9-12-4-3-7-30-12/h3-8H,9-10H2,1-2H3. The van der Waals surface area contributed by atoms with Crippen molar-refractivity contribution in [3.8, 4) is 22.9 Å². The van der Waals surface area contributed by atoms with Gasteiger partial charge in [0.2, 0.25) is 11.7 Å². The van der Waals surface area contributed by atoms with Crippen molar-refractivity contribution >= 4 is 29.2 Å². The first-order valence-electron chi connectivity index (χ1n) is 8.76. The van der Waals surface area contributed by atoms with Crippen LogP contribution in [0.4, 0.5) is 4.79 Å². The minimum absolute atomic E-state index is 0.0206. The number of benzene rings is 1. The summed E-state index contributed by atoms with van der Waals surface area (Å²) < 4.78 is 15.6. The van der Waals surface area contributed by atoms with Gasteiger partial charge < -0.3 is 14.0 Å².